The fourth-order valence-electron chi connectivity index (χ4n) is 13.7. The second-order valence-electron chi connectivity index (χ2n) is 26.4. The highest BCUT2D eigenvalue weighted by Gasteiger charge is 2.30. The van der Waals surface area contributed by atoms with Crippen molar-refractivity contribution < 1.29 is 0 Å². The molecule has 532 valence electrons. The van der Waals surface area contributed by atoms with E-state index < -0.39 is 0 Å². The summed E-state index contributed by atoms with van der Waals surface area (Å²) < 4.78 is 36.0. The Morgan fingerprint density at radius 1 is 0.206 bits per heavy atom. The van der Waals surface area contributed by atoms with E-state index in [4.69, 9.17) is 0 Å². The van der Waals surface area contributed by atoms with E-state index in [1.54, 1.807) is 57.2 Å². The number of unbranched alkanes of at least 4 members (excludes halogenated alkanes) is 20. The Hall–Kier alpha value is -0.880. The maximum atomic E-state index is 2.52. The number of hydrogen-bond acceptors (Lipinski definition) is 22. The summed E-state index contributed by atoms with van der Waals surface area (Å²) in [5, 5.41) is 9.04. The Morgan fingerprint density at radius 2 is 0.431 bits per heavy atom. The molecular formula is C80H80S22. The Bertz CT molecular complexity index is 5080. The van der Waals surface area contributed by atoms with Gasteiger partial charge >= 0.3 is 0 Å². The van der Waals surface area contributed by atoms with Crippen LogP contribution >= 0.6 is 251 Å². The molecule has 0 nitrogen and oxygen atoms in total. The van der Waals surface area contributed by atoms with Gasteiger partial charge in [0.05, 0.1) is 94.7 Å². The Labute approximate surface area is 688 Å². The van der Waals surface area contributed by atoms with E-state index in [0.717, 1.165) is 0 Å². The summed E-state index contributed by atoms with van der Waals surface area (Å²) in [6.45, 7) is 9.26. The molecule has 0 aliphatic heterocycles. The van der Waals surface area contributed by atoms with Crippen molar-refractivity contribution in [2.45, 2.75) is 201 Å². The molecular weight excluding hydrogens is 1670 g/mol. The highest BCUT2D eigenvalue weighted by molar-refractivity contribution is 8.01. The van der Waals surface area contributed by atoms with Crippen LogP contribution in [0.1, 0.15) is 182 Å². The van der Waals surface area contributed by atoms with E-state index in [9.17, 15) is 0 Å². The van der Waals surface area contributed by atoms with Crippen LogP contribution in [0.15, 0.2) is 89.6 Å². The molecule has 0 aliphatic rings. The highest BCUT2D eigenvalue weighted by atomic mass is 32.2. The zero-order valence-electron chi connectivity index (χ0n) is 57.7. The Kier molecular flexibility index (Phi) is 24.9. The molecule has 0 aromatic carbocycles. The minimum Gasteiger partial charge on any atom is -0.141 e. The van der Waals surface area contributed by atoms with E-state index >= 15 is 0 Å². The molecule has 102 heavy (non-hydrogen) atoms. The van der Waals surface area contributed by atoms with Gasteiger partial charge in [-0.15, -0.1) is 251 Å². The van der Waals surface area contributed by atoms with Gasteiger partial charge in [-0.1, -0.05) is 156 Å². The number of hydrogen-bond donors (Lipinski definition) is 0. The van der Waals surface area contributed by atoms with Gasteiger partial charge in [0.1, 0.15) is 0 Å². The van der Waals surface area contributed by atoms with Crippen molar-refractivity contribution in [1.29, 1.82) is 0 Å². The molecule has 18 aromatic rings. The van der Waals surface area contributed by atoms with Crippen molar-refractivity contribution in [2.24, 2.45) is 0 Å². The molecule has 0 aliphatic carbocycles. The fourth-order valence-corrected chi connectivity index (χ4v) is 44.4. The average molecular weight is 1750 g/mol. The van der Waals surface area contributed by atoms with Crippen molar-refractivity contribution in [3.8, 4) is 39.0 Å². The molecule has 18 aromatic heterocycles. The van der Waals surface area contributed by atoms with E-state index in [-0.39, 0.29) is 0 Å². The largest absolute Gasteiger partial charge is 0.141 e. The van der Waals surface area contributed by atoms with Crippen LogP contribution in [-0.2, 0) is 0 Å². The van der Waals surface area contributed by atoms with Gasteiger partial charge in [0.25, 0.3) is 0 Å². The minimum absolute atomic E-state index is 1.22. The van der Waals surface area contributed by atoms with Gasteiger partial charge in [0.2, 0.25) is 0 Å². The second-order valence-corrected chi connectivity index (χ2v) is 49.2. The minimum atomic E-state index is 1.22. The molecule has 0 spiro atoms. The second kappa shape index (κ2) is 34.4. The first-order valence-corrected chi connectivity index (χ1v) is 55.5. The van der Waals surface area contributed by atoms with Gasteiger partial charge in [0, 0.05) is 76.7 Å². The van der Waals surface area contributed by atoms with Crippen LogP contribution in [0.5, 0.6) is 0 Å². The first-order chi connectivity index (χ1) is 50.4. The Morgan fingerprint density at radius 3 is 0.667 bits per heavy atom. The molecule has 0 fully saturated rings. The van der Waals surface area contributed by atoms with Gasteiger partial charge in [0.15, 0.2) is 0 Å². The van der Waals surface area contributed by atoms with Crippen LogP contribution in [0.3, 0.4) is 0 Å². The predicted octanol–water partition coefficient (Wildman–Crippen LogP) is 38.8. The van der Waals surface area contributed by atoms with Crippen LogP contribution in [0, 0.1) is 0 Å². The van der Waals surface area contributed by atoms with Crippen LogP contribution in [0.25, 0.3) is 152 Å². The third kappa shape index (κ3) is 15.1. The molecule has 0 radical (unpaired) electrons. The normalized spacial score (nSPS) is 12.6. The predicted molar refractivity (Wildman–Crippen MR) is 503 cm³/mol. The van der Waals surface area contributed by atoms with Crippen molar-refractivity contribution >= 4 is 364 Å². The van der Waals surface area contributed by atoms with Gasteiger partial charge in [-0.3, -0.25) is 0 Å². The van der Waals surface area contributed by atoms with Crippen molar-refractivity contribution in [3.05, 3.63) is 70.1 Å². The highest BCUT2D eigenvalue weighted by Crippen LogP contribution is 2.63. The number of thiophene rings is 18. The first-order valence-electron chi connectivity index (χ1n) is 36.6. The smallest absolute Gasteiger partial charge is 0.0648 e. The monoisotopic (exact) mass is 1740 g/mol. The molecule has 0 amide bonds. The first kappa shape index (κ1) is 73.9. The molecule has 0 saturated heterocycles. The molecule has 18 heterocycles. The third-order valence-corrected chi connectivity index (χ3v) is 47.9. The lowest BCUT2D eigenvalue weighted by Gasteiger charge is -2.05. The Balaban J connectivity index is 0.000000152. The average Bonchev–Trinajstić information content (AvgIpc) is 1.56. The lowest BCUT2D eigenvalue weighted by molar-refractivity contribution is 0.627. The lowest BCUT2D eigenvalue weighted by Crippen LogP contribution is -1.83. The van der Waals surface area contributed by atoms with E-state index in [1.807, 2.05) is 136 Å². The third-order valence-electron chi connectivity index (χ3n) is 19.0. The summed E-state index contributed by atoms with van der Waals surface area (Å²) >= 11 is 45.0. The summed E-state index contributed by atoms with van der Waals surface area (Å²) in [4.78, 5) is 18.3. The van der Waals surface area contributed by atoms with E-state index in [0.29, 0.717) is 0 Å². The zero-order valence-corrected chi connectivity index (χ0v) is 75.7. The number of rotatable bonds is 36. The van der Waals surface area contributed by atoms with Crippen molar-refractivity contribution in [2.75, 3.05) is 23.0 Å². The number of fused-ring (bicyclic) bond motifs is 18. The molecule has 0 unspecified atom stereocenters. The molecule has 18 rings (SSSR count). The van der Waals surface area contributed by atoms with Gasteiger partial charge < -0.3 is 0 Å². The summed E-state index contributed by atoms with van der Waals surface area (Å²) in [7, 11) is 0. The van der Waals surface area contributed by atoms with Crippen molar-refractivity contribution in [1.82, 2.24) is 0 Å². The van der Waals surface area contributed by atoms with Crippen molar-refractivity contribution in [3.63, 3.8) is 0 Å². The summed E-state index contributed by atoms with van der Waals surface area (Å²) in [6.07, 6.45) is 32.6. The van der Waals surface area contributed by atoms with Gasteiger partial charge in [-0.2, -0.15) is 0 Å². The maximum Gasteiger partial charge on any atom is 0.0648 e. The molecule has 0 bridgehead atoms. The summed E-state index contributed by atoms with van der Waals surface area (Å²) in [6, 6.07) is 19.3. The molecule has 0 N–H and O–H groups in total. The van der Waals surface area contributed by atoms with Crippen LogP contribution in [-0.4, -0.2) is 23.0 Å². The lowest BCUT2D eigenvalue weighted by atomic mass is 10.1. The molecule has 0 atom stereocenters. The van der Waals surface area contributed by atoms with Gasteiger partial charge in [-0.05, 0) is 119 Å². The van der Waals surface area contributed by atoms with Crippen LogP contribution < -0.4 is 0 Å². The topological polar surface area (TPSA) is 0 Å². The SMILES string of the molecule is CCCCCCCCSc1c(-c2cc3sc4ccsc4c3s2)sc2c1sc1c(SCCCCCCCC)c(-c3cc4sc5ccsc5c4s3)sc12.CCCCCCCCSc1c(-c2cc3sc4ccsc4c3s2)sc2c1sc1c(SCCCCCCCC)c(-c3cc4sc5ccsc5c4s3)sc12. The van der Waals surface area contributed by atoms with Crippen LogP contribution in [0.4, 0.5) is 0 Å². The van der Waals surface area contributed by atoms with Gasteiger partial charge in [-0.25, -0.2) is 0 Å². The quantitative estimate of drug-likeness (QED) is 0.0283. The van der Waals surface area contributed by atoms with Crippen LogP contribution in [0.2, 0.25) is 0 Å². The fraction of sp³-hybridized carbons (Fsp3) is 0.400. The van der Waals surface area contributed by atoms with E-state index in [1.165, 1.54) is 291 Å². The maximum absolute atomic E-state index is 2.52. The number of thioether (sulfide) groups is 4. The molecule has 0 saturated carbocycles. The standard InChI is InChI=1S/2C40H40S11/c2*1-3-5-7-9-11-13-17-41-35-33(27-21-25-31(47-27)29-23(45-25)15-19-43-29)49-39-37(35)51-38-36(42-18-14-12-10-8-6-4-2)34(50-40(38)39)28-22-26-32(48-28)30-24(46-26)16-20-44-30/h2*15-16,19-22H,3-14,17-18H2,1-2H3. The summed E-state index contributed by atoms with van der Waals surface area (Å²) in [5.74, 6) is 4.89. The van der Waals surface area contributed by atoms with E-state index in [2.05, 4.69) is 213 Å². The summed E-state index contributed by atoms with van der Waals surface area (Å²) in [5.41, 5.74) is 0. The molecule has 22 heteroatoms. The zero-order chi connectivity index (χ0) is 68.6.